The molecule has 0 aliphatic heterocycles. The fourth-order valence-corrected chi connectivity index (χ4v) is 1.09. The first-order chi connectivity index (χ1) is 7.17. The second-order valence-corrected chi connectivity index (χ2v) is 2.91. The summed E-state index contributed by atoms with van der Waals surface area (Å²) in [5, 5.41) is 0. The van der Waals surface area contributed by atoms with E-state index in [9.17, 15) is 4.39 Å². The molecule has 0 saturated heterocycles. The number of rotatable bonds is 5. The van der Waals surface area contributed by atoms with Crippen LogP contribution in [0.2, 0.25) is 0 Å². The van der Waals surface area contributed by atoms with Gasteiger partial charge >= 0.3 is 7.32 Å². The SMILES string of the molecule is COB(OC)OCc1cc(F)ccc1N. The molecule has 0 aliphatic carbocycles. The molecule has 2 N–H and O–H groups in total. The molecular formula is C9H13BFNO3. The maximum atomic E-state index is 12.9. The Hall–Kier alpha value is -1.11. The van der Waals surface area contributed by atoms with Gasteiger partial charge in [-0.25, -0.2) is 4.39 Å². The van der Waals surface area contributed by atoms with Gasteiger partial charge in [0.1, 0.15) is 5.82 Å². The van der Waals surface area contributed by atoms with Crippen molar-refractivity contribution in [3.63, 3.8) is 0 Å². The molecule has 0 unspecified atom stereocenters. The Morgan fingerprint density at radius 3 is 2.60 bits per heavy atom. The average molecular weight is 213 g/mol. The van der Waals surface area contributed by atoms with Gasteiger partial charge in [-0.1, -0.05) is 0 Å². The molecule has 6 heteroatoms. The molecule has 0 saturated carbocycles. The molecule has 15 heavy (non-hydrogen) atoms. The first kappa shape index (κ1) is 12.0. The first-order valence-corrected chi connectivity index (χ1v) is 4.38. The highest BCUT2D eigenvalue weighted by atomic mass is 19.1. The van der Waals surface area contributed by atoms with Crippen LogP contribution in [0.3, 0.4) is 0 Å². The van der Waals surface area contributed by atoms with Gasteiger partial charge in [-0.05, 0) is 18.2 Å². The zero-order valence-electron chi connectivity index (χ0n) is 8.70. The lowest BCUT2D eigenvalue weighted by Crippen LogP contribution is -2.23. The zero-order chi connectivity index (χ0) is 11.3. The van der Waals surface area contributed by atoms with Gasteiger partial charge in [0, 0.05) is 25.5 Å². The summed E-state index contributed by atoms with van der Waals surface area (Å²) in [5.41, 5.74) is 6.67. The second-order valence-electron chi connectivity index (χ2n) is 2.91. The van der Waals surface area contributed by atoms with Gasteiger partial charge in [0.05, 0.1) is 6.61 Å². The van der Waals surface area contributed by atoms with Crippen LogP contribution in [0, 0.1) is 5.82 Å². The molecule has 0 spiro atoms. The van der Waals surface area contributed by atoms with E-state index in [4.69, 9.17) is 19.7 Å². The molecule has 0 fully saturated rings. The normalized spacial score (nSPS) is 10.3. The minimum Gasteiger partial charge on any atom is -0.398 e. The van der Waals surface area contributed by atoms with E-state index in [1.807, 2.05) is 0 Å². The number of halogens is 1. The summed E-state index contributed by atoms with van der Waals surface area (Å²) in [7, 11) is 2.12. The third kappa shape index (κ3) is 3.51. The van der Waals surface area contributed by atoms with Crippen molar-refractivity contribution in [2.24, 2.45) is 0 Å². The van der Waals surface area contributed by atoms with Crippen LogP contribution in [0.5, 0.6) is 0 Å². The Morgan fingerprint density at radius 2 is 2.00 bits per heavy atom. The average Bonchev–Trinajstić information content (AvgIpc) is 2.24. The summed E-state index contributed by atoms with van der Waals surface area (Å²) in [5.74, 6) is -0.353. The summed E-state index contributed by atoms with van der Waals surface area (Å²) in [6.07, 6.45) is 0. The molecule has 1 aromatic rings. The van der Waals surface area contributed by atoms with Crippen LogP contribution < -0.4 is 5.73 Å². The van der Waals surface area contributed by atoms with Crippen LogP contribution in [0.4, 0.5) is 10.1 Å². The highest BCUT2D eigenvalue weighted by Crippen LogP contribution is 2.14. The third-order valence-corrected chi connectivity index (χ3v) is 1.86. The lowest BCUT2D eigenvalue weighted by atomic mass is 10.1. The number of nitrogens with two attached hydrogens (primary N) is 1. The van der Waals surface area contributed by atoms with Gasteiger partial charge < -0.3 is 19.7 Å². The van der Waals surface area contributed by atoms with E-state index in [1.165, 1.54) is 32.4 Å². The zero-order valence-corrected chi connectivity index (χ0v) is 8.70. The smallest absolute Gasteiger partial charge is 0.398 e. The molecule has 1 rings (SSSR count). The molecule has 1 aromatic carbocycles. The van der Waals surface area contributed by atoms with Crippen LogP contribution >= 0.6 is 0 Å². The van der Waals surface area contributed by atoms with Crippen LogP contribution in [0.1, 0.15) is 5.56 Å². The highest BCUT2D eigenvalue weighted by Gasteiger charge is 2.17. The Balaban J connectivity index is 2.60. The van der Waals surface area contributed by atoms with Crippen molar-refractivity contribution in [1.82, 2.24) is 0 Å². The van der Waals surface area contributed by atoms with Crippen molar-refractivity contribution >= 4 is 13.0 Å². The molecule has 0 amide bonds. The van der Waals surface area contributed by atoms with Gasteiger partial charge in [0.2, 0.25) is 0 Å². The lowest BCUT2D eigenvalue weighted by molar-refractivity contribution is 0.128. The topological polar surface area (TPSA) is 53.7 Å². The summed E-state index contributed by atoms with van der Waals surface area (Å²) in [4.78, 5) is 0. The molecule has 0 radical (unpaired) electrons. The Kier molecular flexibility index (Phi) is 4.55. The summed E-state index contributed by atoms with van der Waals surface area (Å²) < 4.78 is 27.7. The second kappa shape index (κ2) is 5.70. The molecule has 4 nitrogen and oxygen atoms in total. The van der Waals surface area contributed by atoms with E-state index in [0.29, 0.717) is 11.3 Å². The fraction of sp³-hybridized carbons (Fsp3) is 0.333. The van der Waals surface area contributed by atoms with Crippen molar-refractivity contribution in [1.29, 1.82) is 0 Å². The first-order valence-electron chi connectivity index (χ1n) is 4.38. The van der Waals surface area contributed by atoms with Crippen LogP contribution in [0.25, 0.3) is 0 Å². The predicted octanol–water partition coefficient (Wildman–Crippen LogP) is 1.20. The minimum absolute atomic E-state index is 0.135. The van der Waals surface area contributed by atoms with Crippen molar-refractivity contribution in [2.45, 2.75) is 6.61 Å². The van der Waals surface area contributed by atoms with Crippen molar-refractivity contribution in [2.75, 3.05) is 20.0 Å². The molecule has 0 bridgehead atoms. The standard InChI is InChI=1S/C9H13BFNO3/c1-13-10(14-2)15-6-7-5-8(11)3-4-9(7)12/h3-5H,6,12H2,1-2H3. The number of hydrogen-bond donors (Lipinski definition) is 1. The molecule has 0 atom stereocenters. The quantitative estimate of drug-likeness (QED) is 0.589. The van der Waals surface area contributed by atoms with Crippen molar-refractivity contribution in [3.05, 3.63) is 29.6 Å². The van der Waals surface area contributed by atoms with Crippen LogP contribution in [-0.2, 0) is 20.6 Å². The summed E-state index contributed by atoms with van der Waals surface area (Å²) in [6, 6.07) is 4.10. The van der Waals surface area contributed by atoms with E-state index in [2.05, 4.69) is 0 Å². The van der Waals surface area contributed by atoms with Gasteiger partial charge in [-0.3, -0.25) is 0 Å². The summed E-state index contributed by atoms with van der Waals surface area (Å²) in [6.45, 7) is 0.135. The van der Waals surface area contributed by atoms with Crippen LogP contribution in [-0.4, -0.2) is 21.5 Å². The van der Waals surface area contributed by atoms with E-state index < -0.39 is 7.32 Å². The molecule has 0 aromatic heterocycles. The predicted molar refractivity (Wildman–Crippen MR) is 55.4 cm³/mol. The van der Waals surface area contributed by atoms with Crippen LogP contribution in [0.15, 0.2) is 18.2 Å². The number of benzene rings is 1. The van der Waals surface area contributed by atoms with E-state index in [0.717, 1.165) is 0 Å². The summed E-state index contributed by atoms with van der Waals surface area (Å²) >= 11 is 0. The maximum absolute atomic E-state index is 12.9. The Labute approximate surface area is 88.3 Å². The molecular weight excluding hydrogens is 200 g/mol. The van der Waals surface area contributed by atoms with E-state index >= 15 is 0 Å². The van der Waals surface area contributed by atoms with Crippen molar-refractivity contribution < 1.29 is 18.4 Å². The monoisotopic (exact) mass is 213 g/mol. The van der Waals surface area contributed by atoms with Gasteiger partial charge in [-0.15, -0.1) is 0 Å². The number of nitrogen functional groups attached to an aromatic ring is 1. The third-order valence-electron chi connectivity index (χ3n) is 1.86. The highest BCUT2D eigenvalue weighted by molar-refractivity contribution is 6.36. The van der Waals surface area contributed by atoms with Gasteiger partial charge in [0.15, 0.2) is 0 Å². The minimum atomic E-state index is -0.771. The lowest BCUT2D eigenvalue weighted by Gasteiger charge is -2.10. The van der Waals surface area contributed by atoms with Gasteiger partial charge in [-0.2, -0.15) is 0 Å². The van der Waals surface area contributed by atoms with Crippen molar-refractivity contribution in [3.8, 4) is 0 Å². The fourth-order valence-electron chi connectivity index (χ4n) is 1.09. The molecule has 0 heterocycles. The number of anilines is 1. The number of hydrogen-bond acceptors (Lipinski definition) is 4. The van der Waals surface area contributed by atoms with E-state index in [-0.39, 0.29) is 12.4 Å². The van der Waals surface area contributed by atoms with E-state index in [1.54, 1.807) is 0 Å². The Morgan fingerprint density at radius 1 is 1.33 bits per heavy atom. The molecule has 82 valence electrons. The Bertz CT molecular complexity index is 320. The largest absolute Gasteiger partial charge is 0.639 e. The maximum Gasteiger partial charge on any atom is 0.639 e. The molecule has 0 aliphatic rings. The van der Waals surface area contributed by atoms with Gasteiger partial charge in [0.25, 0.3) is 0 Å².